The smallest absolute Gasteiger partial charge is 0.297 e. The molecule has 1 unspecified atom stereocenters. The minimum Gasteiger partial charge on any atom is -0.379 e. The molecule has 0 N–H and O–H groups in total. The van der Waals surface area contributed by atoms with E-state index in [0.29, 0.717) is 24.5 Å². The van der Waals surface area contributed by atoms with Crippen molar-refractivity contribution in [1.29, 1.82) is 0 Å². The predicted octanol–water partition coefficient (Wildman–Crippen LogP) is 3.50. The first-order valence-corrected chi connectivity index (χ1v) is 11.2. The molecule has 3 aromatic rings. The van der Waals surface area contributed by atoms with Crippen LogP contribution in [0, 0.1) is 0 Å². The molecule has 8 heteroatoms. The third kappa shape index (κ3) is 3.52. The number of hydrogen-bond donors (Lipinski definition) is 0. The van der Waals surface area contributed by atoms with E-state index in [1.165, 1.54) is 0 Å². The van der Waals surface area contributed by atoms with Gasteiger partial charge in [-0.25, -0.2) is 4.68 Å². The van der Waals surface area contributed by atoms with Crippen LogP contribution in [0.3, 0.4) is 0 Å². The lowest BCUT2D eigenvalue weighted by molar-refractivity contribution is 0.0540. The van der Waals surface area contributed by atoms with E-state index in [1.54, 1.807) is 9.36 Å². The summed E-state index contributed by atoms with van der Waals surface area (Å²) in [5, 5.41) is 14.6. The van der Waals surface area contributed by atoms with Gasteiger partial charge in [0.05, 0.1) is 30.9 Å². The van der Waals surface area contributed by atoms with E-state index in [0.717, 1.165) is 47.0 Å². The van der Waals surface area contributed by atoms with Crippen molar-refractivity contribution in [3.63, 3.8) is 0 Å². The van der Waals surface area contributed by atoms with E-state index in [9.17, 15) is 4.79 Å². The van der Waals surface area contributed by atoms with Gasteiger partial charge in [-0.3, -0.25) is 14.2 Å². The van der Waals surface area contributed by atoms with Crippen molar-refractivity contribution in [1.82, 2.24) is 29.3 Å². The van der Waals surface area contributed by atoms with Gasteiger partial charge in [0, 0.05) is 30.8 Å². The first-order chi connectivity index (χ1) is 16.2. The van der Waals surface area contributed by atoms with Gasteiger partial charge >= 0.3 is 0 Å². The van der Waals surface area contributed by atoms with Crippen molar-refractivity contribution in [2.24, 2.45) is 7.05 Å². The molecule has 0 bridgehead atoms. The SMILES string of the molecule is Cn1cc(-c2ccc(Cn3nc4c(=O)n(C5CCCOC5)nc-4c4ccccc43)cc2)cn1. The van der Waals surface area contributed by atoms with E-state index in [-0.39, 0.29) is 11.6 Å². The van der Waals surface area contributed by atoms with Crippen LogP contribution < -0.4 is 5.56 Å². The zero-order valence-corrected chi connectivity index (χ0v) is 18.4. The van der Waals surface area contributed by atoms with Crippen molar-refractivity contribution in [2.45, 2.75) is 25.4 Å². The van der Waals surface area contributed by atoms with Gasteiger partial charge in [-0.15, -0.1) is 0 Å². The fourth-order valence-corrected chi connectivity index (χ4v) is 4.59. The summed E-state index contributed by atoms with van der Waals surface area (Å²) in [6.07, 6.45) is 5.68. The highest BCUT2D eigenvalue weighted by Crippen LogP contribution is 2.28. The number of ether oxygens (including phenoxy) is 1. The Morgan fingerprint density at radius 3 is 2.64 bits per heavy atom. The number of benzene rings is 2. The first-order valence-electron chi connectivity index (χ1n) is 11.2. The maximum absolute atomic E-state index is 13.2. The molecular weight excluding hydrogens is 416 g/mol. The lowest BCUT2D eigenvalue weighted by Crippen LogP contribution is -2.29. The van der Waals surface area contributed by atoms with Crippen LogP contribution >= 0.6 is 0 Å². The summed E-state index contributed by atoms with van der Waals surface area (Å²) >= 11 is 0. The molecule has 6 rings (SSSR count). The van der Waals surface area contributed by atoms with Gasteiger partial charge in [0.2, 0.25) is 0 Å². The molecule has 0 amide bonds. The maximum atomic E-state index is 13.2. The Bertz CT molecular complexity index is 1460. The van der Waals surface area contributed by atoms with Crippen LogP contribution in [0.2, 0.25) is 0 Å². The van der Waals surface area contributed by atoms with Crippen LogP contribution in [0.4, 0.5) is 0 Å². The Hall–Kier alpha value is -3.78. The molecule has 2 aromatic carbocycles. The van der Waals surface area contributed by atoms with E-state index in [1.807, 2.05) is 48.4 Å². The molecule has 1 fully saturated rings. The minimum absolute atomic E-state index is 0.0346. The maximum Gasteiger partial charge on any atom is 0.297 e. The van der Waals surface area contributed by atoms with Crippen LogP contribution in [0.25, 0.3) is 33.4 Å². The van der Waals surface area contributed by atoms with Crippen molar-refractivity contribution in [3.8, 4) is 22.5 Å². The molecule has 1 saturated heterocycles. The standard InChI is InChI=1S/C25H24N6O2/c1-29-15-19(13-26-29)18-10-8-17(9-11-18)14-30-22-7-3-2-6-21(22)23-24(27-30)25(32)31(28-23)20-5-4-12-33-16-20/h2-3,6-11,13,15,20H,4-5,12,14,16H2,1H3. The van der Waals surface area contributed by atoms with Crippen molar-refractivity contribution < 1.29 is 4.74 Å². The Morgan fingerprint density at radius 1 is 1.03 bits per heavy atom. The minimum atomic E-state index is -0.146. The van der Waals surface area contributed by atoms with Gasteiger partial charge in [0.1, 0.15) is 5.69 Å². The third-order valence-electron chi connectivity index (χ3n) is 6.31. The van der Waals surface area contributed by atoms with Crippen LogP contribution in [0.15, 0.2) is 65.7 Å². The second kappa shape index (κ2) is 7.97. The average Bonchev–Trinajstić information content (AvgIpc) is 3.44. The number of hydrogen-bond acceptors (Lipinski definition) is 5. The Kier molecular flexibility index (Phi) is 4.80. The molecule has 1 aromatic heterocycles. The molecule has 166 valence electrons. The molecule has 33 heavy (non-hydrogen) atoms. The van der Waals surface area contributed by atoms with Gasteiger partial charge in [0.25, 0.3) is 5.56 Å². The first kappa shape index (κ1) is 19.9. The topological polar surface area (TPSA) is 79.8 Å². The summed E-state index contributed by atoms with van der Waals surface area (Å²) in [6.45, 7) is 1.82. The highest BCUT2D eigenvalue weighted by molar-refractivity contribution is 5.92. The van der Waals surface area contributed by atoms with Crippen LogP contribution in [-0.4, -0.2) is 42.6 Å². The summed E-state index contributed by atoms with van der Waals surface area (Å²) in [7, 11) is 1.91. The van der Waals surface area contributed by atoms with E-state index >= 15 is 0 Å². The number of aromatic nitrogens is 6. The summed E-state index contributed by atoms with van der Waals surface area (Å²) in [5.41, 5.74) is 5.17. The third-order valence-corrected chi connectivity index (χ3v) is 6.31. The van der Waals surface area contributed by atoms with Crippen molar-refractivity contribution in [3.05, 3.63) is 76.8 Å². The van der Waals surface area contributed by atoms with Gasteiger partial charge in [0.15, 0.2) is 5.69 Å². The fraction of sp³-hybridized carbons (Fsp3) is 0.280. The Labute approximate surface area is 190 Å². The zero-order valence-electron chi connectivity index (χ0n) is 18.4. The highest BCUT2D eigenvalue weighted by Gasteiger charge is 2.26. The quantitative estimate of drug-likeness (QED) is 0.427. The summed E-state index contributed by atoms with van der Waals surface area (Å²) in [5.74, 6) is 0. The van der Waals surface area contributed by atoms with E-state index < -0.39 is 0 Å². The lowest BCUT2D eigenvalue weighted by atomic mass is 10.1. The van der Waals surface area contributed by atoms with Gasteiger partial charge in [-0.1, -0.05) is 42.5 Å². The molecule has 4 heterocycles. The normalized spacial score (nSPS) is 16.6. The van der Waals surface area contributed by atoms with Crippen molar-refractivity contribution >= 4 is 10.9 Å². The van der Waals surface area contributed by atoms with E-state index in [4.69, 9.17) is 14.9 Å². The monoisotopic (exact) mass is 440 g/mol. The van der Waals surface area contributed by atoms with Crippen LogP contribution in [-0.2, 0) is 18.3 Å². The molecule has 0 spiro atoms. The summed E-state index contributed by atoms with van der Waals surface area (Å²) in [6, 6.07) is 16.3. The number of nitrogens with zero attached hydrogens (tertiary/aromatic N) is 6. The van der Waals surface area contributed by atoms with Gasteiger partial charge in [-0.05, 0) is 30.0 Å². The number of aryl methyl sites for hydroxylation is 1. The summed E-state index contributed by atoms with van der Waals surface area (Å²) in [4.78, 5) is 13.2. The molecule has 3 aliphatic rings. The second-order valence-corrected chi connectivity index (χ2v) is 8.59. The van der Waals surface area contributed by atoms with Gasteiger partial charge < -0.3 is 4.74 Å². The largest absolute Gasteiger partial charge is 0.379 e. The molecule has 0 radical (unpaired) electrons. The van der Waals surface area contributed by atoms with Crippen LogP contribution in [0.5, 0.6) is 0 Å². The Balaban J connectivity index is 1.41. The van der Waals surface area contributed by atoms with E-state index in [2.05, 4.69) is 29.4 Å². The predicted molar refractivity (Wildman–Crippen MR) is 125 cm³/mol. The molecule has 3 aliphatic heterocycles. The number of para-hydroxylation sites is 1. The Morgan fingerprint density at radius 2 is 1.88 bits per heavy atom. The summed E-state index contributed by atoms with van der Waals surface area (Å²) < 4.78 is 10.9. The second-order valence-electron chi connectivity index (χ2n) is 8.59. The molecule has 0 aliphatic carbocycles. The fourth-order valence-electron chi connectivity index (χ4n) is 4.59. The van der Waals surface area contributed by atoms with Gasteiger partial charge in [-0.2, -0.15) is 15.3 Å². The lowest BCUT2D eigenvalue weighted by Gasteiger charge is -2.21. The number of rotatable bonds is 4. The average molecular weight is 441 g/mol. The molecule has 8 nitrogen and oxygen atoms in total. The zero-order chi connectivity index (χ0) is 22.4. The number of fused-ring (bicyclic) bond motifs is 3. The molecule has 1 atom stereocenters. The van der Waals surface area contributed by atoms with Crippen molar-refractivity contribution in [2.75, 3.05) is 13.2 Å². The highest BCUT2D eigenvalue weighted by atomic mass is 16.5. The molecular formula is C25H24N6O2. The molecule has 0 saturated carbocycles. The van der Waals surface area contributed by atoms with Crippen LogP contribution in [0.1, 0.15) is 24.4 Å².